The Balaban J connectivity index is 3.12. The van der Waals surface area contributed by atoms with E-state index in [0.717, 1.165) is 15.3 Å². The van der Waals surface area contributed by atoms with Crippen LogP contribution in [0, 0.1) is 5.92 Å². The number of aromatic nitrogens is 2. The fraction of sp³-hybridized carbons (Fsp3) is 0.636. The van der Waals surface area contributed by atoms with Crippen molar-refractivity contribution >= 4 is 10.0 Å². The molecule has 0 amide bonds. The third-order valence-corrected chi connectivity index (χ3v) is 4.28. The minimum Gasteiger partial charge on any atom is -0.319 e. The number of hydrogen-bond acceptors (Lipinski definition) is 5. The summed E-state index contributed by atoms with van der Waals surface area (Å²) in [6.45, 7) is 2.72. The lowest BCUT2D eigenvalue weighted by atomic mass is 10.2. The molecule has 0 aromatic carbocycles. The second-order valence-corrected chi connectivity index (χ2v) is 6.50. The van der Waals surface area contributed by atoms with Gasteiger partial charge in [-0.15, -0.1) is 0 Å². The van der Waals surface area contributed by atoms with E-state index in [1.54, 1.807) is 7.05 Å². The summed E-state index contributed by atoms with van der Waals surface area (Å²) in [7, 11) is 0.471. The highest BCUT2D eigenvalue weighted by molar-refractivity contribution is 7.89. The van der Waals surface area contributed by atoms with Gasteiger partial charge in [0.2, 0.25) is 10.0 Å². The molecule has 1 atom stereocenters. The van der Waals surface area contributed by atoms with E-state index in [4.69, 9.17) is 0 Å². The van der Waals surface area contributed by atoms with Crippen molar-refractivity contribution in [3.05, 3.63) is 27.0 Å². The zero-order valence-corrected chi connectivity index (χ0v) is 12.8. The standard InChI is InChI=1S/C11H20N4O4S/c1-8(5-12-2)6-13-20(18,19)9-7-14(3)11(17)15(4)10(9)16/h7-8,12-13H,5-6H2,1-4H3. The Morgan fingerprint density at radius 2 is 1.85 bits per heavy atom. The molecule has 8 nitrogen and oxygen atoms in total. The molecule has 2 N–H and O–H groups in total. The van der Waals surface area contributed by atoms with Crippen LogP contribution in [0.15, 0.2) is 20.7 Å². The fourth-order valence-electron chi connectivity index (χ4n) is 1.71. The molecular formula is C11H20N4O4S. The largest absolute Gasteiger partial charge is 0.330 e. The Morgan fingerprint density at radius 3 is 2.40 bits per heavy atom. The lowest BCUT2D eigenvalue weighted by Gasteiger charge is -2.13. The first-order valence-electron chi connectivity index (χ1n) is 6.11. The van der Waals surface area contributed by atoms with Crippen LogP contribution in [0.25, 0.3) is 0 Å². The molecule has 0 bridgehead atoms. The molecule has 114 valence electrons. The topological polar surface area (TPSA) is 102 Å². The van der Waals surface area contributed by atoms with Crippen molar-refractivity contribution in [2.24, 2.45) is 20.0 Å². The molecule has 0 aliphatic carbocycles. The van der Waals surface area contributed by atoms with Gasteiger partial charge in [0.15, 0.2) is 4.90 Å². The van der Waals surface area contributed by atoms with Gasteiger partial charge in [0.05, 0.1) is 0 Å². The molecule has 0 radical (unpaired) electrons. The van der Waals surface area contributed by atoms with Gasteiger partial charge in [-0.3, -0.25) is 9.36 Å². The summed E-state index contributed by atoms with van der Waals surface area (Å²) < 4.78 is 28.4. The quantitative estimate of drug-likeness (QED) is 0.647. The second-order valence-electron chi connectivity index (χ2n) is 4.77. The lowest BCUT2D eigenvalue weighted by Crippen LogP contribution is -2.42. The van der Waals surface area contributed by atoms with E-state index >= 15 is 0 Å². The molecular weight excluding hydrogens is 284 g/mol. The van der Waals surface area contributed by atoms with Gasteiger partial charge in [0.1, 0.15) is 0 Å². The Kier molecular flexibility index (Phi) is 5.26. The van der Waals surface area contributed by atoms with Crippen LogP contribution in [0.2, 0.25) is 0 Å². The lowest BCUT2D eigenvalue weighted by molar-refractivity contribution is 0.516. The molecule has 9 heteroatoms. The summed E-state index contributed by atoms with van der Waals surface area (Å²) in [4.78, 5) is 23.0. The Morgan fingerprint density at radius 1 is 1.25 bits per heavy atom. The molecule has 1 aromatic rings. The highest BCUT2D eigenvalue weighted by Crippen LogP contribution is 2.01. The van der Waals surface area contributed by atoms with Crippen molar-refractivity contribution in [3.8, 4) is 0 Å². The third-order valence-electron chi connectivity index (χ3n) is 2.88. The Hall–Kier alpha value is -1.45. The number of nitrogens with one attached hydrogen (secondary N) is 2. The van der Waals surface area contributed by atoms with Crippen molar-refractivity contribution in [3.63, 3.8) is 0 Å². The van der Waals surface area contributed by atoms with Crippen LogP contribution in [0.3, 0.4) is 0 Å². The molecule has 1 heterocycles. The fourth-order valence-corrected chi connectivity index (χ4v) is 3.03. The van der Waals surface area contributed by atoms with Crippen LogP contribution in [0.4, 0.5) is 0 Å². The number of hydrogen-bond donors (Lipinski definition) is 2. The van der Waals surface area contributed by atoms with Crippen LogP contribution in [0.5, 0.6) is 0 Å². The average Bonchev–Trinajstić information content (AvgIpc) is 2.38. The molecule has 20 heavy (non-hydrogen) atoms. The van der Waals surface area contributed by atoms with Crippen LogP contribution in [0.1, 0.15) is 6.92 Å². The van der Waals surface area contributed by atoms with Gasteiger partial charge in [0, 0.05) is 26.8 Å². The molecule has 0 spiro atoms. The Bertz CT molecular complexity index is 689. The predicted octanol–water partition coefficient (Wildman–Crippen LogP) is -1.78. The van der Waals surface area contributed by atoms with E-state index in [0.29, 0.717) is 6.54 Å². The number of rotatable bonds is 6. The number of aryl methyl sites for hydroxylation is 1. The van der Waals surface area contributed by atoms with Gasteiger partial charge in [-0.2, -0.15) is 0 Å². The number of sulfonamides is 1. The summed E-state index contributed by atoms with van der Waals surface area (Å²) in [6, 6.07) is 0. The third kappa shape index (κ3) is 3.56. The maximum Gasteiger partial charge on any atom is 0.330 e. The second kappa shape index (κ2) is 6.33. The van der Waals surface area contributed by atoms with Crippen LogP contribution in [-0.2, 0) is 24.1 Å². The van der Waals surface area contributed by atoms with Gasteiger partial charge in [-0.1, -0.05) is 6.92 Å². The van der Waals surface area contributed by atoms with Crippen LogP contribution < -0.4 is 21.3 Å². The minimum absolute atomic E-state index is 0.0751. The maximum atomic E-state index is 12.1. The van der Waals surface area contributed by atoms with Crippen LogP contribution >= 0.6 is 0 Å². The molecule has 0 aliphatic rings. The number of nitrogens with zero attached hydrogens (tertiary/aromatic N) is 2. The molecule has 0 saturated heterocycles. The molecule has 1 unspecified atom stereocenters. The summed E-state index contributed by atoms with van der Waals surface area (Å²) >= 11 is 0. The molecule has 1 aromatic heterocycles. The van der Waals surface area contributed by atoms with Gasteiger partial charge >= 0.3 is 5.69 Å². The van der Waals surface area contributed by atoms with Gasteiger partial charge in [-0.05, 0) is 19.5 Å². The van der Waals surface area contributed by atoms with E-state index in [1.165, 1.54) is 14.1 Å². The molecule has 0 saturated carbocycles. The zero-order valence-electron chi connectivity index (χ0n) is 12.0. The summed E-state index contributed by atoms with van der Waals surface area (Å²) in [6.07, 6.45) is 1.04. The highest BCUT2D eigenvalue weighted by atomic mass is 32.2. The first-order chi connectivity index (χ1) is 9.20. The van der Waals surface area contributed by atoms with E-state index in [1.807, 2.05) is 6.92 Å². The zero-order chi connectivity index (χ0) is 15.5. The smallest absolute Gasteiger partial charge is 0.319 e. The average molecular weight is 304 g/mol. The minimum atomic E-state index is -3.94. The summed E-state index contributed by atoms with van der Waals surface area (Å²) in [5.41, 5.74) is -1.40. The van der Waals surface area contributed by atoms with E-state index < -0.39 is 26.2 Å². The SMILES string of the molecule is CNCC(C)CNS(=O)(=O)c1cn(C)c(=O)n(C)c1=O. The van der Waals surface area contributed by atoms with Crippen molar-refractivity contribution in [2.45, 2.75) is 11.8 Å². The van der Waals surface area contributed by atoms with Crippen molar-refractivity contribution in [1.82, 2.24) is 19.2 Å². The molecule has 0 fully saturated rings. The molecule has 0 aliphatic heterocycles. The Labute approximate surface area is 117 Å². The predicted molar refractivity (Wildman–Crippen MR) is 75.2 cm³/mol. The van der Waals surface area contributed by atoms with Gasteiger partial charge in [-0.25, -0.2) is 17.9 Å². The summed E-state index contributed by atoms with van der Waals surface area (Å²) in [5, 5.41) is 2.93. The first-order valence-corrected chi connectivity index (χ1v) is 7.60. The maximum absolute atomic E-state index is 12.1. The van der Waals surface area contributed by atoms with Crippen LogP contribution in [-0.4, -0.2) is 37.7 Å². The van der Waals surface area contributed by atoms with E-state index in [2.05, 4.69) is 10.0 Å². The monoisotopic (exact) mass is 304 g/mol. The van der Waals surface area contributed by atoms with E-state index in [-0.39, 0.29) is 12.5 Å². The van der Waals surface area contributed by atoms with Gasteiger partial charge in [0.25, 0.3) is 5.56 Å². The van der Waals surface area contributed by atoms with Gasteiger partial charge < -0.3 is 9.88 Å². The highest BCUT2D eigenvalue weighted by Gasteiger charge is 2.21. The first kappa shape index (κ1) is 16.6. The summed E-state index contributed by atoms with van der Waals surface area (Å²) in [5.74, 6) is 0.0751. The van der Waals surface area contributed by atoms with Crippen molar-refractivity contribution in [2.75, 3.05) is 20.1 Å². The van der Waals surface area contributed by atoms with Crippen molar-refractivity contribution in [1.29, 1.82) is 0 Å². The molecule has 1 rings (SSSR count). The van der Waals surface area contributed by atoms with E-state index in [9.17, 15) is 18.0 Å². The normalized spacial score (nSPS) is 13.4. The van der Waals surface area contributed by atoms with Crippen molar-refractivity contribution < 1.29 is 8.42 Å².